The fourth-order valence-corrected chi connectivity index (χ4v) is 3.46. The molecule has 1 aromatic carbocycles. The predicted molar refractivity (Wildman–Crippen MR) is 121 cm³/mol. The second kappa shape index (κ2) is 10.4. The lowest BCUT2D eigenvalue weighted by Crippen LogP contribution is -2.46. The molecule has 0 fully saturated rings. The van der Waals surface area contributed by atoms with Gasteiger partial charge in [-0.2, -0.15) is 0 Å². The van der Waals surface area contributed by atoms with Crippen LogP contribution in [0, 0.1) is 0 Å². The highest BCUT2D eigenvalue weighted by molar-refractivity contribution is 6.30. The van der Waals surface area contributed by atoms with Gasteiger partial charge in [-0.3, -0.25) is 9.59 Å². The van der Waals surface area contributed by atoms with Gasteiger partial charge in [-0.25, -0.2) is 0 Å². The summed E-state index contributed by atoms with van der Waals surface area (Å²) < 4.78 is 7.45. The number of aryl methyl sites for hydroxylation is 1. The van der Waals surface area contributed by atoms with E-state index in [4.69, 9.17) is 16.0 Å². The largest absolute Gasteiger partial charge is 0.467 e. The molecule has 3 rings (SSSR count). The molecule has 2 heterocycles. The Morgan fingerprint density at radius 2 is 1.84 bits per heavy atom. The molecule has 0 aliphatic rings. The maximum atomic E-state index is 13.4. The second-order valence-corrected chi connectivity index (χ2v) is 8.07. The minimum atomic E-state index is -0.184. The van der Waals surface area contributed by atoms with Crippen molar-refractivity contribution in [3.05, 3.63) is 83.0 Å². The molecular weight excluding hydrogens is 414 g/mol. The molecule has 0 N–H and O–H groups in total. The summed E-state index contributed by atoms with van der Waals surface area (Å²) in [5.41, 5.74) is 1.51. The summed E-state index contributed by atoms with van der Waals surface area (Å²) in [6.45, 7) is 4.70. The van der Waals surface area contributed by atoms with Gasteiger partial charge in [-0.05, 0) is 61.9 Å². The average molecular weight is 442 g/mol. The van der Waals surface area contributed by atoms with Gasteiger partial charge in [0.05, 0.1) is 19.4 Å². The Morgan fingerprint density at radius 3 is 2.42 bits per heavy atom. The molecule has 164 valence electrons. The Bertz CT molecular complexity index is 996. The molecule has 0 spiro atoms. The van der Waals surface area contributed by atoms with Crippen molar-refractivity contribution in [2.24, 2.45) is 7.05 Å². The van der Waals surface area contributed by atoms with Gasteiger partial charge < -0.3 is 18.8 Å². The molecule has 0 saturated carbocycles. The standard InChI is InChI=1S/C24H28ClN3O3/c1-4-18(2)28(24(30)19-9-11-20(25)12-10-19)17-23(29)27(16-22-8-6-14-31-22)15-21-7-5-13-26(21)3/h5-14,18H,4,15-17H2,1-3H3. The first kappa shape index (κ1) is 22.7. The maximum Gasteiger partial charge on any atom is 0.254 e. The molecule has 2 aromatic heterocycles. The number of amides is 2. The molecule has 0 radical (unpaired) electrons. The van der Waals surface area contributed by atoms with E-state index in [1.54, 1.807) is 46.4 Å². The topological polar surface area (TPSA) is 58.7 Å². The lowest BCUT2D eigenvalue weighted by atomic mass is 10.1. The minimum Gasteiger partial charge on any atom is -0.467 e. The zero-order valence-corrected chi connectivity index (χ0v) is 18.9. The third kappa shape index (κ3) is 5.79. The summed E-state index contributed by atoms with van der Waals surface area (Å²) >= 11 is 5.96. The van der Waals surface area contributed by atoms with Gasteiger partial charge in [0.15, 0.2) is 0 Å². The van der Waals surface area contributed by atoms with Crippen LogP contribution in [0.2, 0.25) is 5.02 Å². The number of rotatable bonds is 9. The van der Waals surface area contributed by atoms with Crippen LogP contribution in [-0.2, 0) is 24.9 Å². The molecule has 1 unspecified atom stereocenters. The Kier molecular flexibility index (Phi) is 7.58. The fourth-order valence-electron chi connectivity index (χ4n) is 3.33. The third-order valence-electron chi connectivity index (χ3n) is 5.46. The van der Waals surface area contributed by atoms with E-state index in [1.165, 1.54) is 0 Å². The van der Waals surface area contributed by atoms with Gasteiger partial charge in [0.1, 0.15) is 12.3 Å². The predicted octanol–water partition coefficient (Wildman–Crippen LogP) is 4.74. The molecule has 0 aliphatic heterocycles. The number of benzene rings is 1. The van der Waals surface area contributed by atoms with E-state index in [2.05, 4.69) is 0 Å². The van der Waals surface area contributed by atoms with Crippen LogP contribution in [0.3, 0.4) is 0 Å². The quantitative estimate of drug-likeness (QED) is 0.481. The van der Waals surface area contributed by atoms with E-state index in [0.29, 0.717) is 29.4 Å². The van der Waals surface area contributed by atoms with Crippen LogP contribution < -0.4 is 0 Å². The Morgan fingerprint density at radius 1 is 1.10 bits per heavy atom. The van der Waals surface area contributed by atoms with Crippen LogP contribution in [0.4, 0.5) is 0 Å². The lowest BCUT2D eigenvalue weighted by Gasteiger charge is -2.31. The van der Waals surface area contributed by atoms with Crippen molar-refractivity contribution in [1.29, 1.82) is 0 Å². The second-order valence-electron chi connectivity index (χ2n) is 7.64. The van der Waals surface area contributed by atoms with E-state index in [1.807, 2.05) is 49.9 Å². The molecule has 7 heteroatoms. The van der Waals surface area contributed by atoms with E-state index >= 15 is 0 Å². The maximum absolute atomic E-state index is 13.4. The zero-order chi connectivity index (χ0) is 22.4. The molecule has 0 aliphatic carbocycles. The van der Waals surface area contributed by atoms with E-state index in [-0.39, 0.29) is 24.4 Å². The summed E-state index contributed by atoms with van der Waals surface area (Å²) in [4.78, 5) is 29.9. The average Bonchev–Trinajstić information content (AvgIpc) is 3.42. The first-order valence-electron chi connectivity index (χ1n) is 10.4. The molecular formula is C24H28ClN3O3. The summed E-state index contributed by atoms with van der Waals surface area (Å²) in [6, 6.07) is 14.2. The number of halogens is 1. The molecule has 0 bridgehead atoms. The van der Waals surface area contributed by atoms with Crippen LogP contribution >= 0.6 is 11.6 Å². The van der Waals surface area contributed by atoms with Crippen LogP contribution in [0.5, 0.6) is 0 Å². The number of carbonyl (C=O) groups excluding carboxylic acids is 2. The fraction of sp³-hybridized carbons (Fsp3) is 0.333. The number of hydrogen-bond acceptors (Lipinski definition) is 3. The zero-order valence-electron chi connectivity index (χ0n) is 18.1. The number of aromatic nitrogens is 1. The van der Waals surface area contributed by atoms with Gasteiger partial charge in [-0.15, -0.1) is 0 Å². The van der Waals surface area contributed by atoms with Gasteiger partial charge in [0.2, 0.25) is 5.91 Å². The van der Waals surface area contributed by atoms with Crippen molar-refractivity contribution in [3.8, 4) is 0 Å². The third-order valence-corrected chi connectivity index (χ3v) is 5.72. The van der Waals surface area contributed by atoms with Gasteiger partial charge in [0.25, 0.3) is 5.91 Å². The lowest BCUT2D eigenvalue weighted by molar-refractivity contribution is -0.134. The number of nitrogens with zero attached hydrogens (tertiary/aromatic N) is 3. The minimum absolute atomic E-state index is 0.0123. The monoisotopic (exact) mass is 441 g/mol. The number of hydrogen-bond donors (Lipinski definition) is 0. The first-order chi connectivity index (χ1) is 14.9. The van der Waals surface area contributed by atoms with Crippen molar-refractivity contribution in [1.82, 2.24) is 14.4 Å². The van der Waals surface area contributed by atoms with E-state index < -0.39 is 0 Å². The smallest absolute Gasteiger partial charge is 0.254 e. The summed E-state index contributed by atoms with van der Waals surface area (Å²) in [5.74, 6) is 0.373. The molecule has 3 aromatic rings. The van der Waals surface area contributed by atoms with Crippen molar-refractivity contribution in [2.45, 2.75) is 39.4 Å². The van der Waals surface area contributed by atoms with Gasteiger partial charge >= 0.3 is 0 Å². The van der Waals surface area contributed by atoms with Crippen LogP contribution in [-0.4, -0.2) is 38.8 Å². The normalized spacial score (nSPS) is 11.9. The molecule has 6 nitrogen and oxygen atoms in total. The highest BCUT2D eigenvalue weighted by Crippen LogP contribution is 2.17. The highest BCUT2D eigenvalue weighted by atomic mass is 35.5. The van der Waals surface area contributed by atoms with Crippen molar-refractivity contribution < 1.29 is 14.0 Å². The molecule has 0 saturated heterocycles. The summed E-state index contributed by atoms with van der Waals surface area (Å²) in [5, 5.41) is 0.565. The Hall–Kier alpha value is -2.99. The van der Waals surface area contributed by atoms with Crippen molar-refractivity contribution in [3.63, 3.8) is 0 Å². The molecule has 1 atom stereocenters. The van der Waals surface area contributed by atoms with Gasteiger partial charge in [-0.1, -0.05) is 18.5 Å². The first-order valence-corrected chi connectivity index (χ1v) is 10.7. The van der Waals surface area contributed by atoms with Crippen LogP contribution in [0.1, 0.15) is 42.1 Å². The highest BCUT2D eigenvalue weighted by Gasteiger charge is 2.26. The van der Waals surface area contributed by atoms with Crippen molar-refractivity contribution in [2.75, 3.05) is 6.54 Å². The summed E-state index contributed by atoms with van der Waals surface area (Å²) in [6.07, 6.45) is 4.28. The molecule has 31 heavy (non-hydrogen) atoms. The van der Waals surface area contributed by atoms with Gasteiger partial charge in [0, 0.05) is 35.6 Å². The van der Waals surface area contributed by atoms with Crippen molar-refractivity contribution >= 4 is 23.4 Å². The Balaban J connectivity index is 1.82. The SMILES string of the molecule is CCC(C)N(CC(=O)N(Cc1ccco1)Cc1cccn1C)C(=O)c1ccc(Cl)cc1. The van der Waals surface area contributed by atoms with Crippen LogP contribution in [0.15, 0.2) is 65.4 Å². The molecule has 2 amide bonds. The van der Waals surface area contributed by atoms with E-state index in [9.17, 15) is 9.59 Å². The summed E-state index contributed by atoms with van der Waals surface area (Å²) in [7, 11) is 1.94. The Labute approximate surface area is 188 Å². The van der Waals surface area contributed by atoms with Crippen LogP contribution in [0.25, 0.3) is 0 Å². The number of carbonyl (C=O) groups is 2. The number of furan rings is 1. The van der Waals surface area contributed by atoms with E-state index in [0.717, 1.165) is 12.1 Å².